The summed E-state index contributed by atoms with van der Waals surface area (Å²) < 4.78 is 0. The molecule has 18 heavy (non-hydrogen) atoms. The summed E-state index contributed by atoms with van der Waals surface area (Å²) in [5.41, 5.74) is 0.495. The van der Waals surface area contributed by atoms with Crippen molar-refractivity contribution >= 4 is 5.97 Å². The Morgan fingerprint density at radius 3 is 2.17 bits per heavy atom. The van der Waals surface area contributed by atoms with Gasteiger partial charge in [0.05, 0.1) is 5.92 Å². The summed E-state index contributed by atoms with van der Waals surface area (Å²) in [5.74, 6) is -0.509. The van der Waals surface area contributed by atoms with Crippen LogP contribution in [0.15, 0.2) is 12.4 Å². The summed E-state index contributed by atoms with van der Waals surface area (Å²) in [5, 5.41) is 9.38. The van der Waals surface area contributed by atoms with E-state index in [4.69, 9.17) is 0 Å². The third-order valence-corrected chi connectivity index (χ3v) is 3.66. The number of carboxylic acids is 1. The third kappa shape index (κ3) is 2.37. The van der Waals surface area contributed by atoms with Crippen LogP contribution in [0.5, 0.6) is 0 Å². The van der Waals surface area contributed by atoms with Crippen molar-refractivity contribution in [2.45, 2.75) is 51.9 Å². The Hall–Kier alpha value is -1.45. The Kier molecular flexibility index (Phi) is 2.92. The molecule has 1 atom stereocenters. The van der Waals surface area contributed by atoms with Crippen LogP contribution in [0.25, 0.3) is 0 Å². The highest BCUT2D eigenvalue weighted by Crippen LogP contribution is 2.55. The van der Waals surface area contributed by atoms with Crippen LogP contribution in [-0.4, -0.2) is 21.0 Å². The molecule has 1 saturated carbocycles. The van der Waals surface area contributed by atoms with Gasteiger partial charge in [0.1, 0.15) is 5.82 Å². The van der Waals surface area contributed by atoms with E-state index >= 15 is 0 Å². The zero-order chi connectivity index (χ0) is 13.6. The molecule has 0 spiro atoms. The second-order valence-corrected chi connectivity index (χ2v) is 6.52. The zero-order valence-corrected chi connectivity index (χ0v) is 11.4. The summed E-state index contributed by atoms with van der Waals surface area (Å²) in [6.07, 6.45) is 5.28. The van der Waals surface area contributed by atoms with E-state index in [1.807, 2.05) is 27.7 Å². The molecule has 0 aromatic carbocycles. The second-order valence-electron chi connectivity index (χ2n) is 6.52. The number of hydrogen-bond donors (Lipinski definition) is 1. The van der Waals surface area contributed by atoms with Gasteiger partial charge in [0.25, 0.3) is 0 Å². The number of nitrogens with zero attached hydrogens (tertiary/aromatic N) is 2. The van der Waals surface area contributed by atoms with Gasteiger partial charge in [-0.2, -0.15) is 0 Å². The van der Waals surface area contributed by atoms with Gasteiger partial charge >= 0.3 is 5.97 Å². The minimum absolute atomic E-state index is 0.110. The van der Waals surface area contributed by atoms with Crippen molar-refractivity contribution in [3.8, 4) is 0 Å². The van der Waals surface area contributed by atoms with Crippen LogP contribution >= 0.6 is 0 Å². The summed E-state index contributed by atoms with van der Waals surface area (Å²) >= 11 is 0. The molecular weight excluding hydrogens is 228 g/mol. The Morgan fingerprint density at radius 2 is 1.83 bits per heavy atom. The minimum atomic E-state index is -0.776. The maximum atomic E-state index is 11.4. The molecule has 2 rings (SSSR count). The molecule has 0 radical (unpaired) electrons. The van der Waals surface area contributed by atoms with Crippen molar-refractivity contribution in [3.63, 3.8) is 0 Å². The lowest BCUT2D eigenvalue weighted by atomic mass is 9.86. The smallest absolute Gasteiger partial charge is 0.311 e. The average molecular weight is 248 g/mol. The number of rotatable bonds is 3. The molecule has 0 saturated heterocycles. The first-order valence-electron chi connectivity index (χ1n) is 6.29. The van der Waals surface area contributed by atoms with E-state index in [0.717, 1.165) is 24.2 Å². The van der Waals surface area contributed by atoms with E-state index < -0.39 is 11.9 Å². The standard InChI is InChI=1S/C14H20N2O2/c1-13(2,3)12-15-7-9(8-16-12)10(11(17)18)14(4)5-6-14/h7-8,10H,5-6H2,1-4H3,(H,17,18). The topological polar surface area (TPSA) is 63.1 Å². The van der Waals surface area contributed by atoms with Gasteiger partial charge < -0.3 is 5.11 Å². The van der Waals surface area contributed by atoms with Crippen molar-refractivity contribution in [2.24, 2.45) is 5.41 Å². The average Bonchev–Trinajstić information content (AvgIpc) is 2.96. The molecule has 4 nitrogen and oxygen atoms in total. The number of aromatic nitrogens is 2. The summed E-state index contributed by atoms with van der Waals surface area (Å²) in [6.45, 7) is 8.14. The Labute approximate surface area is 107 Å². The molecule has 1 aliphatic carbocycles. The third-order valence-electron chi connectivity index (χ3n) is 3.66. The first kappa shape index (κ1) is 13.0. The lowest BCUT2D eigenvalue weighted by molar-refractivity contribution is -0.140. The van der Waals surface area contributed by atoms with E-state index in [-0.39, 0.29) is 10.8 Å². The molecule has 1 aliphatic rings. The van der Waals surface area contributed by atoms with Crippen LogP contribution in [0.4, 0.5) is 0 Å². The molecule has 1 N–H and O–H groups in total. The predicted molar refractivity (Wildman–Crippen MR) is 68.4 cm³/mol. The number of hydrogen-bond acceptors (Lipinski definition) is 3. The fourth-order valence-corrected chi connectivity index (χ4v) is 2.20. The molecule has 98 valence electrons. The second kappa shape index (κ2) is 4.04. The molecule has 0 bridgehead atoms. The molecule has 4 heteroatoms. The highest BCUT2D eigenvalue weighted by molar-refractivity contribution is 5.77. The quantitative estimate of drug-likeness (QED) is 0.893. The Morgan fingerprint density at radius 1 is 1.33 bits per heavy atom. The predicted octanol–water partition coefficient (Wildman–Crippen LogP) is 2.74. The van der Waals surface area contributed by atoms with E-state index in [0.29, 0.717) is 0 Å². The molecule has 1 aromatic rings. The Balaban J connectivity index is 2.30. The van der Waals surface area contributed by atoms with E-state index in [1.54, 1.807) is 12.4 Å². The lowest BCUT2D eigenvalue weighted by Crippen LogP contribution is -2.22. The van der Waals surface area contributed by atoms with E-state index in [1.165, 1.54) is 0 Å². The number of carbonyl (C=O) groups is 1. The van der Waals surface area contributed by atoms with Gasteiger partial charge in [-0.1, -0.05) is 27.7 Å². The molecule has 0 amide bonds. The van der Waals surface area contributed by atoms with Crippen LogP contribution in [0, 0.1) is 5.41 Å². The highest BCUT2D eigenvalue weighted by Gasteiger charge is 2.49. The van der Waals surface area contributed by atoms with Crippen molar-refractivity contribution in [1.82, 2.24) is 9.97 Å². The first-order valence-corrected chi connectivity index (χ1v) is 6.29. The van der Waals surface area contributed by atoms with Crippen molar-refractivity contribution in [2.75, 3.05) is 0 Å². The minimum Gasteiger partial charge on any atom is -0.481 e. The lowest BCUT2D eigenvalue weighted by Gasteiger charge is -2.21. The molecule has 0 aliphatic heterocycles. The SMILES string of the molecule is CC(C)(C)c1ncc(C(C(=O)O)C2(C)CC2)cn1. The van der Waals surface area contributed by atoms with Crippen LogP contribution < -0.4 is 0 Å². The largest absolute Gasteiger partial charge is 0.481 e. The highest BCUT2D eigenvalue weighted by atomic mass is 16.4. The fraction of sp³-hybridized carbons (Fsp3) is 0.643. The zero-order valence-electron chi connectivity index (χ0n) is 11.4. The summed E-state index contributed by atoms with van der Waals surface area (Å²) in [7, 11) is 0. The normalized spacial score (nSPS) is 19.3. The van der Waals surface area contributed by atoms with Gasteiger partial charge in [0, 0.05) is 23.4 Å². The monoisotopic (exact) mass is 248 g/mol. The summed E-state index contributed by atoms with van der Waals surface area (Å²) in [6, 6.07) is 0. The van der Waals surface area contributed by atoms with Crippen LogP contribution in [0.3, 0.4) is 0 Å². The fourth-order valence-electron chi connectivity index (χ4n) is 2.20. The maximum absolute atomic E-state index is 11.4. The van der Waals surface area contributed by atoms with Gasteiger partial charge in [-0.25, -0.2) is 9.97 Å². The van der Waals surface area contributed by atoms with Gasteiger partial charge in [-0.05, 0) is 18.3 Å². The molecular formula is C14H20N2O2. The van der Waals surface area contributed by atoms with Crippen LogP contribution in [0.2, 0.25) is 0 Å². The van der Waals surface area contributed by atoms with Crippen LogP contribution in [0.1, 0.15) is 57.8 Å². The molecule has 1 aromatic heterocycles. The molecule has 1 fully saturated rings. The van der Waals surface area contributed by atoms with E-state index in [9.17, 15) is 9.90 Å². The van der Waals surface area contributed by atoms with Crippen LogP contribution in [-0.2, 0) is 10.2 Å². The summed E-state index contributed by atoms with van der Waals surface area (Å²) in [4.78, 5) is 20.1. The van der Waals surface area contributed by atoms with Crippen molar-refractivity contribution in [3.05, 3.63) is 23.8 Å². The number of carboxylic acid groups (broad SMARTS) is 1. The Bertz CT molecular complexity index is 456. The molecule has 1 unspecified atom stereocenters. The van der Waals surface area contributed by atoms with Crippen molar-refractivity contribution in [1.29, 1.82) is 0 Å². The van der Waals surface area contributed by atoms with Gasteiger partial charge in [-0.15, -0.1) is 0 Å². The number of aliphatic carboxylic acids is 1. The molecule has 1 heterocycles. The van der Waals surface area contributed by atoms with Gasteiger partial charge in [0.2, 0.25) is 0 Å². The van der Waals surface area contributed by atoms with Gasteiger partial charge in [0.15, 0.2) is 0 Å². The van der Waals surface area contributed by atoms with E-state index in [2.05, 4.69) is 9.97 Å². The maximum Gasteiger partial charge on any atom is 0.311 e. The van der Waals surface area contributed by atoms with Gasteiger partial charge in [-0.3, -0.25) is 4.79 Å². The first-order chi connectivity index (χ1) is 8.24. The van der Waals surface area contributed by atoms with Crippen molar-refractivity contribution < 1.29 is 9.90 Å².